The summed E-state index contributed by atoms with van der Waals surface area (Å²) < 4.78 is 65.5. The van der Waals surface area contributed by atoms with Crippen LogP contribution in [0.5, 0.6) is 5.75 Å². The second-order valence-corrected chi connectivity index (χ2v) is 12.5. The van der Waals surface area contributed by atoms with Crippen LogP contribution in [0.4, 0.5) is 17.6 Å². The highest BCUT2D eigenvalue weighted by Crippen LogP contribution is 2.45. The minimum absolute atomic E-state index is 0.0976. The van der Waals surface area contributed by atoms with Crippen molar-refractivity contribution < 1.29 is 22.3 Å². The average Bonchev–Trinajstić information content (AvgIpc) is 3.01. The molecular weight excluding hydrogens is 550 g/mol. The van der Waals surface area contributed by atoms with E-state index in [-0.39, 0.29) is 35.9 Å². The smallest absolute Gasteiger partial charge is 0.400 e. The van der Waals surface area contributed by atoms with E-state index in [0.717, 1.165) is 30.4 Å². The predicted octanol–water partition coefficient (Wildman–Crippen LogP) is 11.3. The summed E-state index contributed by atoms with van der Waals surface area (Å²) in [5, 5.41) is 8.95. The molecule has 2 nitrogen and oxygen atoms in total. The van der Waals surface area contributed by atoms with Crippen molar-refractivity contribution in [3.05, 3.63) is 89.0 Å². The largest absolute Gasteiger partial charge is 0.432 e. The van der Waals surface area contributed by atoms with Crippen LogP contribution < -0.4 is 4.74 Å². The Morgan fingerprint density at radius 3 is 2.12 bits per heavy atom. The van der Waals surface area contributed by atoms with Gasteiger partial charge in [0.05, 0.1) is 17.6 Å². The predicted molar refractivity (Wildman–Crippen MR) is 162 cm³/mol. The molecule has 5 rings (SSSR count). The first-order valence-electron chi connectivity index (χ1n) is 15.9. The fraction of sp³-hybridized carbons (Fsp3) is 0.486. The molecule has 2 fully saturated rings. The van der Waals surface area contributed by atoms with Gasteiger partial charge in [-0.05, 0) is 116 Å². The molecule has 3 aromatic rings. The van der Waals surface area contributed by atoms with Crippen LogP contribution >= 0.6 is 0 Å². The van der Waals surface area contributed by atoms with E-state index >= 15 is 13.2 Å². The minimum atomic E-state index is -3.47. The number of nitriles is 1. The number of nitrogens with zero attached hydrogens (tertiary/aromatic N) is 1. The molecule has 0 aromatic heterocycles. The lowest BCUT2D eigenvalue weighted by molar-refractivity contribution is -0.222. The molecule has 0 radical (unpaired) electrons. The summed E-state index contributed by atoms with van der Waals surface area (Å²) >= 11 is 0. The van der Waals surface area contributed by atoms with Gasteiger partial charge in [0.2, 0.25) is 0 Å². The summed E-state index contributed by atoms with van der Waals surface area (Å²) in [6.07, 6.45) is 7.65. The van der Waals surface area contributed by atoms with E-state index in [0.29, 0.717) is 35.4 Å². The highest BCUT2D eigenvalue weighted by molar-refractivity contribution is 5.65. The van der Waals surface area contributed by atoms with Crippen molar-refractivity contribution in [2.24, 2.45) is 11.8 Å². The standard InChI is InChI=1S/C37H41F4NO/c1-2-3-4-5-25-6-10-27(11-7-25)30-16-20-33(35(38)22-30)29-14-17-31(18-15-29)37(40,41)43-32-19-21-34(36(39)23-32)28-12-8-26(24-42)9-13-28/h8-9,12-13,16,19-23,25,27,29,31H,2-7,10-11,14-15,17-18H2,1H3. The van der Waals surface area contributed by atoms with Gasteiger partial charge < -0.3 is 4.74 Å². The SMILES string of the molecule is CCCCCC1CCC(c2ccc(C3CCC(C(F)(F)Oc4ccc(-c5ccc(C#N)cc5)c(F)c4)CC3)c(F)c2)CC1. The van der Waals surface area contributed by atoms with Crippen molar-refractivity contribution >= 4 is 0 Å². The molecule has 2 aliphatic carbocycles. The molecule has 43 heavy (non-hydrogen) atoms. The van der Waals surface area contributed by atoms with Crippen LogP contribution in [-0.2, 0) is 0 Å². The average molecular weight is 592 g/mol. The molecule has 2 aliphatic rings. The second-order valence-electron chi connectivity index (χ2n) is 12.5. The normalized spacial score (nSPS) is 22.6. The fourth-order valence-electron chi connectivity index (χ4n) is 7.09. The van der Waals surface area contributed by atoms with E-state index in [1.807, 2.05) is 12.1 Å². The second kappa shape index (κ2) is 14.0. The Bertz CT molecular complexity index is 1400. The van der Waals surface area contributed by atoms with E-state index in [1.54, 1.807) is 30.3 Å². The molecule has 0 N–H and O–H groups in total. The van der Waals surface area contributed by atoms with Crippen molar-refractivity contribution in [2.75, 3.05) is 0 Å². The van der Waals surface area contributed by atoms with Crippen LogP contribution in [0.15, 0.2) is 60.7 Å². The Morgan fingerprint density at radius 2 is 1.49 bits per heavy atom. The number of rotatable bonds is 10. The summed E-state index contributed by atoms with van der Waals surface area (Å²) in [5.74, 6) is -1.05. The summed E-state index contributed by atoms with van der Waals surface area (Å²) in [5.41, 5.74) is 2.92. The Balaban J connectivity index is 1.14. The summed E-state index contributed by atoms with van der Waals surface area (Å²) in [6.45, 7) is 2.23. The highest BCUT2D eigenvalue weighted by Gasteiger charge is 2.44. The lowest BCUT2D eigenvalue weighted by Crippen LogP contribution is -2.37. The molecular formula is C37H41F4NO. The molecule has 0 saturated heterocycles. The van der Waals surface area contributed by atoms with Gasteiger partial charge in [-0.2, -0.15) is 14.0 Å². The Morgan fingerprint density at radius 1 is 0.791 bits per heavy atom. The fourth-order valence-corrected chi connectivity index (χ4v) is 7.09. The van der Waals surface area contributed by atoms with Crippen molar-refractivity contribution in [2.45, 2.75) is 102 Å². The Labute approximate surface area is 253 Å². The zero-order valence-electron chi connectivity index (χ0n) is 24.9. The first-order valence-corrected chi connectivity index (χ1v) is 15.9. The van der Waals surface area contributed by atoms with E-state index in [4.69, 9.17) is 10.00 Å². The summed E-state index contributed by atoms with van der Waals surface area (Å²) in [6, 6.07) is 17.7. The first-order chi connectivity index (χ1) is 20.8. The van der Waals surface area contributed by atoms with Gasteiger partial charge in [0.1, 0.15) is 17.4 Å². The molecule has 0 aliphatic heterocycles. The number of hydrogen-bond acceptors (Lipinski definition) is 2. The molecule has 0 amide bonds. The number of benzene rings is 3. The van der Waals surface area contributed by atoms with Gasteiger partial charge >= 0.3 is 6.11 Å². The molecule has 0 bridgehead atoms. The van der Waals surface area contributed by atoms with E-state index in [2.05, 4.69) is 13.0 Å². The van der Waals surface area contributed by atoms with Crippen molar-refractivity contribution in [1.29, 1.82) is 5.26 Å². The van der Waals surface area contributed by atoms with Crippen LogP contribution in [0.1, 0.15) is 112 Å². The number of hydrogen-bond donors (Lipinski definition) is 0. The molecule has 3 aromatic carbocycles. The molecule has 0 atom stereocenters. The lowest BCUT2D eigenvalue weighted by Gasteiger charge is -2.34. The van der Waals surface area contributed by atoms with Crippen molar-refractivity contribution in [3.63, 3.8) is 0 Å². The van der Waals surface area contributed by atoms with Crippen LogP contribution in [0.3, 0.4) is 0 Å². The van der Waals surface area contributed by atoms with Gasteiger partial charge in [0, 0.05) is 11.6 Å². The first kappa shape index (κ1) is 31.1. The summed E-state index contributed by atoms with van der Waals surface area (Å²) in [4.78, 5) is 0. The molecule has 0 spiro atoms. The van der Waals surface area contributed by atoms with Crippen molar-refractivity contribution in [3.8, 4) is 22.9 Å². The number of halogens is 4. The lowest BCUT2D eigenvalue weighted by atomic mass is 9.75. The molecule has 228 valence electrons. The number of unbranched alkanes of at least 4 members (excludes halogenated alkanes) is 2. The Kier molecular flexibility index (Phi) is 10.1. The number of ether oxygens (including phenoxy) is 1. The monoisotopic (exact) mass is 591 g/mol. The zero-order valence-corrected chi connectivity index (χ0v) is 24.9. The third kappa shape index (κ3) is 7.61. The topological polar surface area (TPSA) is 33.0 Å². The third-order valence-electron chi connectivity index (χ3n) is 9.72. The maximum absolute atomic E-state index is 15.3. The zero-order chi connectivity index (χ0) is 30.4. The van der Waals surface area contributed by atoms with E-state index in [1.165, 1.54) is 50.7 Å². The molecule has 0 unspecified atom stereocenters. The van der Waals surface area contributed by atoms with E-state index < -0.39 is 17.8 Å². The van der Waals surface area contributed by atoms with Gasteiger partial charge in [-0.3, -0.25) is 0 Å². The van der Waals surface area contributed by atoms with Crippen LogP contribution in [0, 0.1) is 34.8 Å². The highest BCUT2D eigenvalue weighted by atomic mass is 19.3. The van der Waals surface area contributed by atoms with E-state index in [9.17, 15) is 4.39 Å². The molecule has 0 heterocycles. The van der Waals surface area contributed by atoms with Gasteiger partial charge in [-0.15, -0.1) is 0 Å². The quantitative estimate of drug-likeness (QED) is 0.174. The maximum Gasteiger partial charge on any atom is 0.400 e. The third-order valence-corrected chi connectivity index (χ3v) is 9.72. The van der Waals surface area contributed by atoms with Crippen LogP contribution in [0.25, 0.3) is 11.1 Å². The van der Waals surface area contributed by atoms with Crippen LogP contribution in [0.2, 0.25) is 0 Å². The molecule has 2 saturated carbocycles. The number of alkyl halides is 2. The van der Waals surface area contributed by atoms with Crippen LogP contribution in [-0.4, -0.2) is 6.11 Å². The summed E-state index contributed by atoms with van der Waals surface area (Å²) in [7, 11) is 0. The van der Waals surface area contributed by atoms with Crippen molar-refractivity contribution in [1.82, 2.24) is 0 Å². The van der Waals surface area contributed by atoms with Gasteiger partial charge in [-0.1, -0.05) is 56.9 Å². The Hall–Kier alpha value is -3.33. The maximum atomic E-state index is 15.3. The van der Waals surface area contributed by atoms with Gasteiger partial charge in [-0.25, -0.2) is 8.78 Å². The minimum Gasteiger partial charge on any atom is -0.432 e. The van der Waals surface area contributed by atoms with Gasteiger partial charge in [0.25, 0.3) is 0 Å². The molecule has 6 heteroatoms. The van der Waals surface area contributed by atoms with Gasteiger partial charge in [0.15, 0.2) is 0 Å².